The SMILES string of the molecule is COCCc1nc(COC)c(-c2csc(N)n2)s1. The predicted molar refractivity (Wildman–Crippen MR) is 73.9 cm³/mol. The lowest BCUT2D eigenvalue weighted by molar-refractivity contribution is 0.181. The van der Waals surface area contributed by atoms with Gasteiger partial charge in [-0.2, -0.15) is 0 Å². The van der Waals surface area contributed by atoms with Crippen LogP contribution in [0.4, 0.5) is 5.13 Å². The first-order valence-corrected chi connectivity index (χ1v) is 7.12. The number of nitrogens with two attached hydrogens (primary N) is 1. The van der Waals surface area contributed by atoms with Crippen molar-refractivity contribution in [2.24, 2.45) is 0 Å². The Morgan fingerprint density at radius 1 is 1.28 bits per heavy atom. The Labute approximate surface area is 114 Å². The fraction of sp³-hybridized carbons (Fsp3) is 0.455. The molecule has 0 saturated heterocycles. The summed E-state index contributed by atoms with van der Waals surface area (Å²) < 4.78 is 10.2. The molecule has 0 saturated carbocycles. The van der Waals surface area contributed by atoms with E-state index in [1.807, 2.05) is 5.38 Å². The van der Waals surface area contributed by atoms with E-state index < -0.39 is 0 Å². The molecule has 0 unspecified atom stereocenters. The van der Waals surface area contributed by atoms with Crippen LogP contribution in [0.15, 0.2) is 5.38 Å². The zero-order valence-electron chi connectivity index (χ0n) is 10.3. The van der Waals surface area contributed by atoms with Gasteiger partial charge >= 0.3 is 0 Å². The Bertz CT molecular complexity index is 510. The van der Waals surface area contributed by atoms with Gasteiger partial charge in [-0.1, -0.05) is 0 Å². The summed E-state index contributed by atoms with van der Waals surface area (Å²) in [6, 6.07) is 0. The smallest absolute Gasteiger partial charge is 0.180 e. The normalized spacial score (nSPS) is 11.0. The molecule has 7 heteroatoms. The Morgan fingerprint density at radius 2 is 2.11 bits per heavy atom. The number of thiazole rings is 2. The van der Waals surface area contributed by atoms with Crippen LogP contribution in [-0.4, -0.2) is 30.8 Å². The molecule has 0 radical (unpaired) electrons. The minimum absolute atomic E-state index is 0.482. The summed E-state index contributed by atoms with van der Waals surface area (Å²) in [5, 5.41) is 3.55. The Hall–Kier alpha value is -1.02. The van der Waals surface area contributed by atoms with Crippen LogP contribution >= 0.6 is 22.7 Å². The minimum atomic E-state index is 0.482. The molecule has 2 aromatic heterocycles. The van der Waals surface area contributed by atoms with Gasteiger partial charge in [0.1, 0.15) is 0 Å². The lowest BCUT2D eigenvalue weighted by atomic mass is 10.3. The summed E-state index contributed by atoms with van der Waals surface area (Å²) in [7, 11) is 3.35. The third-order valence-corrected chi connectivity index (χ3v) is 4.15. The van der Waals surface area contributed by atoms with Gasteiger partial charge in [0.15, 0.2) is 5.13 Å². The van der Waals surface area contributed by atoms with Crippen LogP contribution in [0.25, 0.3) is 10.6 Å². The topological polar surface area (TPSA) is 70.3 Å². The quantitative estimate of drug-likeness (QED) is 0.881. The molecule has 2 aromatic rings. The molecule has 2 heterocycles. The largest absolute Gasteiger partial charge is 0.384 e. The van der Waals surface area contributed by atoms with E-state index in [9.17, 15) is 0 Å². The van der Waals surface area contributed by atoms with E-state index in [0.717, 1.165) is 27.7 Å². The molecule has 0 fully saturated rings. The maximum atomic E-state index is 5.67. The van der Waals surface area contributed by atoms with Gasteiger partial charge in [-0.25, -0.2) is 9.97 Å². The van der Waals surface area contributed by atoms with Crippen LogP contribution in [0.2, 0.25) is 0 Å². The summed E-state index contributed by atoms with van der Waals surface area (Å²) >= 11 is 3.06. The number of anilines is 1. The van der Waals surface area contributed by atoms with Gasteiger partial charge in [0, 0.05) is 26.0 Å². The van der Waals surface area contributed by atoms with E-state index >= 15 is 0 Å². The van der Waals surface area contributed by atoms with Crippen LogP contribution in [0, 0.1) is 0 Å². The van der Waals surface area contributed by atoms with Crippen LogP contribution in [0.1, 0.15) is 10.7 Å². The second kappa shape index (κ2) is 6.24. The third-order valence-electron chi connectivity index (χ3n) is 2.30. The maximum absolute atomic E-state index is 5.67. The average Bonchev–Trinajstić information content (AvgIpc) is 2.93. The van der Waals surface area contributed by atoms with E-state index in [1.165, 1.54) is 11.3 Å². The van der Waals surface area contributed by atoms with Gasteiger partial charge in [0.2, 0.25) is 0 Å². The fourth-order valence-electron chi connectivity index (χ4n) is 1.52. The van der Waals surface area contributed by atoms with E-state index in [4.69, 9.17) is 15.2 Å². The minimum Gasteiger partial charge on any atom is -0.384 e. The molecule has 0 aliphatic rings. The van der Waals surface area contributed by atoms with Crippen molar-refractivity contribution in [1.82, 2.24) is 9.97 Å². The van der Waals surface area contributed by atoms with Crippen LogP contribution < -0.4 is 5.73 Å². The lowest BCUT2D eigenvalue weighted by Gasteiger charge is -1.96. The van der Waals surface area contributed by atoms with Crippen LogP contribution in [-0.2, 0) is 22.5 Å². The second-order valence-corrected chi connectivity index (χ2v) is 5.60. The highest BCUT2D eigenvalue weighted by Gasteiger charge is 2.15. The highest BCUT2D eigenvalue weighted by molar-refractivity contribution is 7.16. The number of methoxy groups -OCH3 is 2. The van der Waals surface area contributed by atoms with Crippen LogP contribution in [0.5, 0.6) is 0 Å². The number of ether oxygens (including phenoxy) is 2. The molecule has 0 aromatic carbocycles. The molecule has 0 aliphatic heterocycles. The average molecular weight is 285 g/mol. The second-order valence-electron chi connectivity index (χ2n) is 3.63. The van der Waals surface area contributed by atoms with Gasteiger partial charge in [-0.15, -0.1) is 22.7 Å². The van der Waals surface area contributed by atoms with Crippen LogP contribution in [0.3, 0.4) is 0 Å². The number of rotatable bonds is 6. The fourth-order valence-corrected chi connectivity index (χ4v) is 3.16. The summed E-state index contributed by atoms with van der Waals surface area (Å²) in [5.41, 5.74) is 7.46. The zero-order chi connectivity index (χ0) is 13.0. The zero-order valence-corrected chi connectivity index (χ0v) is 11.9. The first-order valence-electron chi connectivity index (χ1n) is 5.42. The summed E-state index contributed by atoms with van der Waals surface area (Å²) in [6.07, 6.45) is 0.803. The van der Waals surface area contributed by atoms with E-state index in [-0.39, 0.29) is 0 Å². The lowest BCUT2D eigenvalue weighted by Crippen LogP contribution is -1.95. The maximum Gasteiger partial charge on any atom is 0.180 e. The van der Waals surface area contributed by atoms with Crippen molar-refractivity contribution in [2.45, 2.75) is 13.0 Å². The molecule has 18 heavy (non-hydrogen) atoms. The highest BCUT2D eigenvalue weighted by atomic mass is 32.1. The van der Waals surface area contributed by atoms with E-state index in [1.54, 1.807) is 25.6 Å². The summed E-state index contributed by atoms with van der Waals surface area (Å²) in [6.45, 7) is 1.15. The molecule has 0 aliphatic carbocycles. The summed E-state index contributed by atoms with van der Waals surface area (Å²) in [5.74, 6) is 0. The Kier molecular flexibility index (Phi) is 4.65. The first kappa shape index (κ1) is 13.4. The van der Waals surface area contributed by atoms with E-state index in [2.05, 4.69) is 9.97 Å². The Morgan fingerprint density at radius 3 is 2.72 bits per heavy atom. The monoisotopic (exact) mass is 285 g/mol. The number of hydrogen-bond donors (Lipinski definition) is 1. The molecule has 0 atom stereocenters. The molecule has 5 nitrogen and oxygen atoms in total. The molecule has 0 bridgehead atoms. The molecular formula is C11H15N3O2S2. The standard InChI is InChI=1S/C11H15N3O2S2/c1-15-4-3-9-13-7(5-16-2)10(18-9)8-6-17-11(12)14-8/h6H,3-5H2,1-2H3,(H2,12,14). The molecule has 0 spiro atoms. The van der Waals surface area contributed by atoms with Gasteiger partial charge in [0.05, 0.1) is 34.5 Å². The van der Waals surface area contributed by atoms with Gasteiger partial charge in [0.25, 0.3) is 0 Å². The van der Waals surface area contributed by atoms with Crippen molar-refractivity contribution in [3.63, 3.8) is 0 Å². The van der Waals surface area contributed by atoms with Crippen molar-refractivity contribution < 1.29 is 9.47 Å². The molecule has 0 amide bonds. The highest BCUT2D eigenvalue weighted by Crippen LogP contribution is 2.32. The van der Waals surface area contributed by atoms with Crippen molar-refractivity contribution in [1.29, 1.82) is 0 Å². The number of nitrogen functional groups attached to an aromatic ring is 1. The van der Waals surface area contributed by atoms with Gasteiger partial charge in [-0.05, 0) is 0 Å². The van der Waals surface area contributed by atoms with Crippen molar-refractivity contribution in [2.75, 3.05) is 26.6 Å². The van der Waals surface area contributed by atoms with Crippen molar-refractivity contribution >= 4 is 27.8 Å². The number of aromatic nitrogens is 2. The first-order chi connectivity index (χ1) is 8.74. The molecule has 2 rings (SSSR count). The Balaban J connectivity index is 2.28. The van der Waals surface area contributed by atoms with Gasteiger partial charge < -0.3 is 15.2 Å². The molecule has 2 N–H and O–H groups in total. The van der Waals surface area contributed by atoms with E-state index in [0.29, 0.717) is 18.3 Å². The summed E-state index contributed by atoms with van der Waals surface area (Å²) in [4.78, 5) is 9.90. The predicted octanol–water partition coefficient (Wildman–Crippen LogP) is 2.18. The van der Waals surface area contributed by atoms with Crippen molar-refractivity contribution in [3.8, 4) is 10.6 Å². The third kappa shape index (κ3) is 3.05. The van der Waals surface area contributed by atoms with Crippen molar-refractivity contribution in [3.05, 3.63) is 16.1 Å². The molecular weight excluding hydrogens is 270 g/mol. The number of hydrogen-bond acceptors (Lipinski definition) is 7. The molecule has 98 valence electrons. The van der Waals surface area contributed by atoms with Gasteiger partial charge in [-0.3, -0.25) is 0 Å². The number of nitrogens with zero attached hydrogens (tertiary/aromatic N) is 2.